The minimum absolute atomic E-state index is 0.326. The molecular formula is C19H17F2N7O. The molecule has 1 saturated heterocycles. The molecular weight excluding hydrogens is 380 g/mol. The van der Waals surface area contributed by atoms with E-state index in [1.54, 1.807) is 34.8 Å². The second-order valence-electron chi connectivity index (χ2n) is 6.97. The average Bonchev–Trinajstić information content (AvgIpc) is 3.38. The van der Waals surface area contributed by atoms with Crippen molar-refractivity contribution in [3.8, 4) is 0 Å². The molecule has 4 heterocycles. The largest absolute Gasteiger partial charge is 0.345 e. The lowest BCUT2D eigenvalue weighted by Gasteiger charge is -2.27. The highest BCUT2D eigenvalue weighted by Gasteiger charge is 2.32. The van der Waals surface area contributed by atoms with E-state index >= 15 is 0 Å². The van der Waals surface area contributed by atoms with Gasteiger partial charge in [0.05, 0.1) is 23.5 Å². The van der Waals surface area contributed by atoms with Crippen molar-refractivity contribution in [2.75, 3.05) is 11.4 Å². The Balaban J connectivity index is 1.65. The smallest absolute Gasteiger partial charge is 0.261 e. The molecule has 1 aliphatic heterocycles. The molecule has 0 bridgehead atoms. The van der Waals surface area contributed by atoms with E-state index in [0.717, 1.165) is 11.0 Å². The molecule has 4 aromatic rings. The van der Waals surface area contributed by atoms with E-state index in [4.69, 9.17) is 0 Å². The molecule has 1 aliphatic rings. The Hall–Kier alpha value is -3.43. The van der Waals surface area contributed by atoms with Crippen LogP contribution in [-0.2, 0) is 6.54 Å². The molecule has 0 radical (unpaired) electrons. The number of nitrogens with zero attached hydrogens (tertiary/aromatic N) is 7. The number of rotatable bonds is 4. The zero-order valence-electron chi connectivity index (χ0n) is 15.3. The molecule has 8 nitrogen and oxygen atoms in total. The van der Waals surface area contributed by atoms with Gasteiger partial charge in [-0.25, -0.2) is 13.8 Å². The van der Waals surface area contributed by atoms with E-state index in [1.807, 2.05) is 11.0 Å². The fraction of sp³-hybridized carbons (Fsp3) is 0.316. The highest BCUT2D eigenvalue weighted by Crippen LogP contribution is 2.34. The number of aromatic nitrogens is 6. The number of benzene rings is 1. The zero-order valence-corrected chi connectivity index (χ0v) is 15.3. The highest BCUT2D eigenvalue weighted by atomic mass is 19.3. The third-order valence-electron chi connectivity index (χ3n) is 5.20. The molecule has 29 heavy (non-hydrogen) atoms. The fourth-order valence-electron chi connectivity index (χ4n) is 3.93. The van der Waals surface area contributed by atoms with Crippen molar-refractivity contribution < 1.29 is 8.78 Å². The summed E-state index contributed by atoms with van der Waals surface area (Å²) in [7, 11) is 0. The van der Waals surface area contributed by atoms with Gasteiger partial charge in [0.15, 0.2) is 5.65 Å². The average molecular weight is 397 g/mol. The molecule has 0 aliphatic carbocycles. The Labute approximate surface area is 163 Å². The number of fused-ring (bicyclic) bond motifs is 2. The minimum Gasteiger partial charge on any atom is -0.345 e. The molecule has 1 atom stereocenters. The molecule has 0 N–H and O–H groups in total. The quantitative estimate of drug-likeness (QED) is 0.526. The van der Waals surface area contributed by atoms with E-state index in [2.05, 4.69) is 20.3 Å². The number of halogens is 2. The van der Waals surface area contributed by atoms with Crippen LogP contribution in [-0.4, -0.2) is 42.3 Å². The van der Waals surface area contributed by atoms with Crippen molar-refractivity contribution in [2.45, 2.75) is 31.9 Å². The van der Waals surface area contributed by atoms with E-state index in [-0.39, 0.29) is 6.04 Å². The first-order valence-corrected chi connectivity index (χ1v) is 9.33. The van der Waals surface area contributed by atoms with E-state index in [9.17, 15) is 13.6 Å². The Kier molecular flexibility index (Phi) is 4.18. The van der Waals surface area contributed by atoms with Gasteiger partial charge in [0.1, 0.15) is 18.0 Å². The van der Waals surface area contributed by atoms with Crippen molar-refractivity contribution in [2.24, 2.45) is 0 Å². The Morgan fingerprint density at radius 3 is 2.90 bits per heavy atom. The van der Waals surface area contributed by atoms with Gasteiger partial charge in [-0.3, -0.25) is 9.36 Å². The van der Waals surface area contributed by atoms with Crippen LogP contribution in [0, 0.1) is 0 Å². The lowest BCUT2D eigenvalue weighted by atomic mass is 10.1. The van der Waals surface area contributed by atoms with Gasteiger partial charge in [-0.05, 0) is 37.1 Å². The zero-order chi connectivity index (χ0) is 20.0. The maximum absolute atomic E-state index is 13.3. The summed E-state index contributed by atoms with van der Waals surface area (Å²) in [5, 5.41) is 12.6. The molecule has 5 rings (SSSR count). The topological polar surface area (TPSA) is 81.2 Å². The second kappa shape index (κ2) is 6.87. The number of para-hydroxylation sites is 1. The van der Waals surface area contributed by atoms with E-state index in [0.29, 0.717) is 41.2 Å². The molecule has 148 valence electrons. The van der Waals surface area contributed by atoms with Crippen molar-refractivity contribution in [3.63, 3.8) is 0 Å². The summed E-state index contributed by atoms with van der Waals surface area (Å²) in [6.07, 6.45) is 0.376. The first kappa shape index (κ1) is 17.7. The van der Waals surface area contributed by atoms with Crippen LogP contribution in [0.1, 0.15) is 24.7 Å². The number of alkyl halides is 2. The maximum atomic E-state index is 13.3. The Morgan fingerprint density at radius 2 is 2.03 bits per heavy atom. The van der Waals surface area contributed by atoms with Gasteiger partial charge in [-0.15, -0.1) is 15.3 Å². The van der Waals surface area contributed by atoms with Gasteiger partial charge in [-0.1, -0.05) is 12.1 Å². The minimum atomic E-state index is -2.66. The summed E-state index contributed by atoms with van der Waals surface area (Å²) in [4.78, 5) is 19.6. The summed E-state index contributed by atoms with van der Waals surface area (Å²) in [5.74, 6) is 1.00. The van der Waals surface area contributed by atoms with Crippen molar-refractivity contribution in [1.82, 2.24) is 29.4 Å². The molecule has 1 unspecified atom stereocenters. The summed E-state index contributed by atoms with van der Waals surface area (Å²) in [6, 6.07) is 10.1. The predicted octanol–water partition coefficient (Wildman–Crippen LogP) is 2.44. The van der Waals surface area contributed by atoms with Crippen molar-refractivity contribution >= 4 is 22.4 Å². The van der Waals surface area contributed by atoms with Gasteiger partial charge in [-0.2, -0.15) is 4.52 Å². The number of anilines is 1. The van der Waals surface area contributed by atoms with Crippen LogP contribution in [0.4, 0.5) is 14.6 Å². The van der Waals surface area contributed by atoms with Crippen LogP contribution < -0.4 is 10.5 Å². The third-order valence-corrected chi connectivity index (χ3v) is 5.20. The summed E-state index contributed by atoms with van der Waals surface area (Å²) < 4.78 is 29.3. The predicted molar refractivity (Wildman–Crippen MR) is 102 cm³/mol. The maximum Gasteiger partial charge on any atom is 0.261 e. The van der Waals surface area contributed by atoms with Crippen molar-refractivity contribution in [3.05, 3.63) is 58.9 Å². The van der Waals surface area contributed by atoms with Crippen LogP contribution in [0.15, 0.2) is 47.5 Å². The molecule has 0 amide bonds. The molecule has 10 heteroatoms. The lowest BCUT2D eigenvalue weighted by molar-refractivity contribution is 0.123. The van der Waals surface area contributed by atoms with E-state index in [1.165, 1.54) is 6.33 Å². The van der Waals surface area contributed by atoms with E-state index < -0.39 is 18.5 Å². The SMILES string of the molecule is O=c1c2ccccc2nc(C2CCCN2c2ccc3nncn3n2)n1CC(F)F. The van der Waals surface area contributed by atoms with Crippen LogP contribution >= 0.6 is 0 Å². The van der Waals surface area contributed by atoms with Gasteiger partial charge in [0, 0.05) is 6.54 Å². The van der Waals surface area contributed by atoms with Gasteiger partial charge < -0.3 is 4.90 Å². The molecule has 1 fully saturated rings. The molecule has 0 spiro atoms. The Bertz CT molecular complexity index is 1250. The first-order chi connectivity index (χ1) is 14.1. The second-order valence-corrected chi connectivity index (χ2v) is 6.97. The molecule has 1 aromatic carbocycles. The van der Waals surface area contributed by atoms with Crippen LogP contribution in [0.3, 0.4) is 0 Å². The lowest BCUT2D eigenvalue weighted by Crippen LogP contribution is -2.34. The van der Waals surface area contributed by atoms with Gasteiger partial charge >= 0.3 is 0 Å². The summed E-state index contributed by atoms with van der Waals surface area (Å²) >= 11 is 0. The van der Waals surface area contributed by atoms with Crippen LogP contribution in [0.25, 0.3) is 16.6 Å². The number of hydrogen-bond donors (Lipinski definition) is 0. The monoisotopic (exact) mass is 397 g/mol. The number of hydrogen-bond acceptors (Lipinski definition) is 6. The first-order valence-electron chi connectivity index (χ1n) is 9.33. The normalized spacial score (nSPS) is 17.1. The van der Waals surface area contributed by atoms with Gasteiger partial charge in [0.2, 0.25) is 0 Å². The van der Waals surface area contributed by atoms with Crippen LogP contribution in [0.2, 0.25) is 0 Å². The molecule has 3 aromatic heterocycles. The molecule has 0 saturated carbocycles. The summed E-state index contributed by atoms with van der Waals surface area (Å²) in [6.45, 7) is -0.00306. The third kappa shape index (κ3) is 3.00. The standard InChI is InChI=1S/C19H17F2N7O/c20-15(21)10-27-18(23-13-5-2-1-4-12(13)19(27)29)14-6-3-9-26(14)17-8-7-16-24-22-11-28(16)25-17/h1-2,4-5,7-8,11,14-15H,3,6,9-10H2. The summed E-state index contributed by atoms with van der Waals surface area (Å²) in [5.41, 5.74) is 0.676. The van der Waals surface area contributed by atoms with Crippen LogP contribution in [0.5, 0.6) is 0 Å². The fourth-order valence-corrected chi connectivity index (χ4v) is 3.93. The highest BCUT2D eigenvalue weighted by molar-refractivity contribution is 5.77. The Morgan fingerprint density at radius 1 is 1.17 bits per heavy atom. The van der Waals surface area contributed by atoms with Gasteiger partial charge in [0.25, 0.3) is 12.0 Å². The van der Waals surface area contributed by atoms with Crippen molar-refractivity contribution in [1.29, 1.82) is 0 Å².